The Balaban J connectivity index is 1.40. The molecule has 0 aliphatic heterocycles. The fourth-order valence-corrected chi connectivity index (χ4v) is 10.1. The topological polar surface area (TPSA) is 0 Å². The molecule has 0 aliphatic rings. The number of fused-ring (bicyclic) bond motifs is 20. The van der Waals surface area contributed by atoms with Gasteiger partial charge in [0.05, 0.1) is 0 Å². The third kappa shape index (κ3) is 3.29. The lowest BCUT2D eigenvalue weighted by atomic mass is 10.0. The van der Waals surface area contributed by atoms with Crippen molar-refractivity contribution in [1.82, 2.24) is 0 Å². The van der Waals surface area contributed by atoms with Crippen LogP contribution in [0.15, 0.2) is 170 Å². The molecule has 0 N–H and O–H groups in total. The average molecular weight is 653 g/mol. The van der Waals surface area contributed by atoms with Crippen LogP contribution in [0.3, 0.4) is 0 Å². The van der Waals surface area contributed by atoms with Crippen molar-refractivity contribution in [2.24, 2.45) is 0 Å². The van der Waals surface area contributed by atoms with E-state index in [0.717, 1.165) is 0 Å². The molecule has 0 saturated heterocycles. The zero-order valence-corrected chi connectivity index (χ0v) is 28.2. The highest BCUT2D eigenvalue weighted by Gasteiger charge is 2.19. The zero-order chi connectivity index (χ0) is 33.7. The Morgan fingerprint density at radius 2 is 0.346 bits per heavy atom. The number of hydrogen-bond donors (Lipinski definition) is 0. The first-order chi connectivity index (χ1) is 25.8. The first-order valence-corrected chi connectivity index (χ1v) is 18.3. The molecule has 13 aromatic carbocycles. The summed E-state index contributed by atoms with van der Waals surface area (Å²) in [7, 11) is 0. The minimum absolute atomic E-state index is 1.25. The molecule has 13 aromatic rings. The molecule has 0 heterocycles. The molecule has 0 unspecified atom stereocenters. The highest BCUT2D eigenvalue weighted by Crippen LogP contribution is 2.47. The van der Waals surface area contributed by atoms with E-state index in [1.807, 2.05) is 0 Å². The summed E-state index contributed by atoms with van der Waals surface area (Å²) in [4.78, 5) is 0. The van der Waals surface area contributed by atoms with Gasteiger partial charge in [-0.2, -0.15) is 0 Å². The first kappa shape index (κ1) is 27.0. The SMILES string of the molecule is c1ccc2c(c1)c1ccc3cc1c2c1c2ccccc2c2ccc(cc21)c1ccc2c4ccccc4c(c2c1)c1c2ccccc2c2ccc3cc21. The molecule has 0 aliphatic carbocycles. The summed E-state index contributed by atoms with van der Waals surface area (Å²) in [6.07, 6.45) is 0. The van der Waals surface area contributed by atoms with Crippen LogP contribution in [0.4, 0.5) is 0 Å². The molecule has 52 heavy (non-hydrogen) atoms. The van der Waals surface area contributed by atoms with Gasteiger partial charge in [0.25, 0.3) is 0 Å². The van der Waals surface area contributed by atoms with Gasteiger partial charge in [0, 0.05) is 0 Å². The Labute approximate surface area is 298 Å². The molecule has 13 rings (SSSR count). The highest BCUT2D eigenvalue weighted by molar-refractivity contribution is 6.42. The summed E-state index contributed by atoms with van der Waals surface area (Å²) in [5.41, 5.74) is 0. The fraction of sp³-hybridized carbons (Fsp3) is 0. The van der Waals surface area contributed by atoms with Gasteiger partial charge < -0.3 is 0 Å². The van der Waals surface area contributed by atoms with Gasteiger partial charge in [0.1, 0.15) is 0 Å². The van der Waals surface area contributed by atoms with Crippen molar-refractivity contribution in [2.75, 3.05) is 0 Å². The maximum atomic E-state index is 2.47. The summed E-state index contributed by atoms with van der Waals surface area (Å²) in [6, 6.07) is 64.7. The van der Waals surface area contributed by atoms with Crippen LogP contribution in [0.2, 0.25) is 0 Å². The Hall–Kier alpha value is -6.76. The molecule has 0 spiro atoms. The van der Waals surface area contributed by atoms with Crippen molar-refractivity contribution in [3.8, 4) is 0 Å². The molecule has 0 amide bonds. The van der Waals surface area contributed by atoms with Crippen molar-refractivity contribution in [1.29, 1.82) is 0 Å². The van der Waals surface area contributed by atoms with Crippen molar-refractivity contribution < 1.29 is 0 Å². The standard InChI is InChI=1S/C52H28/c1-5-13-41-33(9-1)37-21-17-29-25-45(37)49(41)50-42-14-6-2-10-34(42)38-22-19-31(26-46(38)50)32-20-24-40-36-12-4-8-16-44(36)52(48(40)28-32)51-43-15-7-3-11-35(43)39-23-18-30(29)27-47(39)51/h1-28H. The second kappa shape index (κ2) is 9.51. The van der Waals surface area contributed by atoms with Crippen LogP contribution in [0.1, 0.15) is 0 Å². The Bertz CT molecular complexity index is 3240. The molecule has 0 aromatic heterocycles. The van der Waals surface area contributed by atoms with E-state index in [9.17, 15) is 0 Å². The van der Waals surface area contributed by atoms with Gasteiger partial charge in [-0.1, -0.05) is 146 Å². The average Bonchev–Trinajstić information content (AvgIpc) is 3.91. The van der Waals surface area contributed by atoms with Crippen LogP contribution < -0.4 is 0 Å². The van der Waals surface area contributed by atoms with Crippen molar-refractivity contribution in [2.45, 2.75) is 0 Å². The smallest absolute Gasteiger partial charge is 0.00137 e. The van der Waals surface area contributed by atoms with Gasteiger partial charge >= 0.3 is 0 Å². The molecule has 0 nitrogen and oxygen atoms in total. The lowest BCUT2D eigenvalue weighted by molar-refractivity contribution is 1.85. The summed E-state index contributed by atoms with van der Waals surface area (Å²) < 4.78 is 0. The van der Waals surface area contributed by atoms with Gasteiger partial charge in [-0.3, -0.25) is 0 Å². The number of rotatable bonds is 0. The predicted octanol–water partition coefficient (Wildman–Crippen LogP) is 15.0. The maximum Gasteiger partial charge on any atom is -0.00137 e. The molecule has 0 radical (unpaired) electrons. The molecule has 0 fully saturated rings. The maximum absolute atomic E-state index is 2.47. The normalized spacial score (nSPS) is 12.6. The van der Waals surface area contributed by atoms with E-state index in [2.05, 4.69) is 170 Å². The van der Waals surface area contributed by atoms with Gasteiger partial charge in [0.2, 0.25) is 0 Å². The van der Waals surface area contributed by atoms with Gasteiger partial charge in [-0.05, 0) is 154 Å². The Kier molecular flexibility index (Phi) is 4.94. The molecule has 0 saturated carbocycles. The molecule has 0 heteroatoms. The van der Waals surface area contributed by atoms with E-state index in [4.69, 9.17) is 0 Å². The van der Waals surface area contributed by atoms with E-state index in [1.54, 1.807) is 0 Å². The molecular formula is C52H28. The van der Waals surface area contributed by atoms with Crippen LogP contribution in [0.25, 0.3) is 129 Å². The number of hydrogen-bond acceptors (Lipinski definition) is 0. The third-order valence-electron chi connectivity index (χ3n) is 12.3. The lowest BCUT2D eigenvalue weighted by Gasteiger charge is -2.02. The third-order valence-corrected chi connectivity index (χ3v) is 12.3. The van der Waals surface area contributed by atoms with Crippen LogP contribution in [0.5, 0.6) is 0 Å². The molecule has 8 bridgehead atoms. The molecule has 236 valence electrons. The first-order valence-electron chi connectivity index (χ1n) is 18.3. The lowest BCUT2D eigenvalue weighted by Crippen LogP contribution is -1.75. The van der Waals surface area contributed by atoms with E-state index in [1.165, 1.54) is 129 Å². The number of benzene rings is 8. The molecular weight excluding hydrogens is 625 g/mol. The van der Waals surface area contributed by atoms with Crippen LogP contribution >= 0.6 is 0 Å². The minimum Gasteiger partial charge on any atom is -0.0616 e. The largest absolute Gasteiger partial charge is 0.0616 e. The highest BCUT2D eigenvalue weighted by atomic mass is 14.2. The fourth-order valence-electron chi connectivity index (χ4n) is 10.1. The van der Waals surface area contributed by atoms with Crippen molar-refractivity contribution >= 4 is 129 Å². The zero-order valence-electron chi connectivity index (χ0n) is 28.2. The monoisotopic (exact) mass is 652 g/mol. The van der Waals surface area contributed by atoms with Gasteiger partial charge in [-0.25, -0.2) is 0 Å². The quantitative estimate of drug-likeness (QED) is 0.153. The Morgan fingerprint density at radius 3 is 0.577 bits per heavy atom. The molecule has 0 atom stereocenters. The second-order valence-corrected chi connectivity index (χ2v) is 14.7. The summed E-state index contributed by atoms with van der Waals surface area (Å²) in [6.45, 7) is 0. The van der Waals surface area contributed by atoms with E-state index >= 15 is 0 Å². The van der Waals surface area contributed by atoms with Crippen LogP contribution in [0, 0.1) is 0 Å². The van der Waals surface area contributed by atoms with Crippen molar-refractivity contribution in [3.63, 3.8) is 0 Å². The summed E-state index contributed by atoms with van der Waals surface area (Å²) in [5.74, 6) is 0. The van der Waals surface area contributed by atoms with Gasteiger partial charge in [-0.15, -0.1) is 0 Å². The summed E-state index contributed by atoms with van der Waals surface area (Å²) >= 11 is 0. The minimum atomic E-state index is 1.25. The van der Waals surface area contributed by atoms with E-state index < -0.39 is 0 Å². The summed E-state index contributed by atoms with van der Waals surface area (Å²) in [5, 5.41) is 31.3. The Morgan fingerprint density at radius 1 is 0.154 bits per heavy atom. The second-order valence-electron chi connectivity index (χ2n) is 14.7. The van der Waals surface area contributed by atoms with E-state index in [-0.39, 0.29) is 0 Å². The van der Waals surface area contributed by atoms with Crippen LogP contribution in [-0.2, 0) is 0 Å². The van der Waals surface area contributed by atoms with Crippen molar-refractivity contribution in [3.05, 3.63) is 170 Å². The predicted molar refractivity (Wildman–Crippen MR) is 228 cm³/mol. The van der Waals surface area contributed by atoms with Gasteiger partial charge in [0.15, 0.2) is 0 Å². The van der Waals surface area contributed by atoms with Crippen LogP contribution in [-0.4, -0.2) is 0 Å². The van der Waals surface area contributed by atoms with E-state index in [0.29, 0.717) is 0 Å².